The summed E-state index contributed by atoms with van der Waals surface area (Å²) in [7, 11) is 0. The van der Waals surface area contributed by atoms with Gasteiger partial charge in [-0.3, -0.25) is 4.79 Å². The molecule has 0 heterocycles. The summed E-state index contributed by atoms with van der Waals surface area (Å²) in [6.45, 7) is 5.15. The van der Waals surface area contributed by atoms with Gasteiger partial charge >= 0.3 is 0 Å². The molecule has 3 heteroatoms. The van der Waals surface area contributed by atoms with Gasteiger partial charge in [0.25, 0.3) is 0 Å². The van der Waals surface area contributed by atoms with Gasteiger partial charge in [0.1, 0.15) is 0 Å². The van der Waals surface area contributed by atoms with E-state index in [0.717, 1.165) is 31.2 Å². The van der Waals surface area contributed by atoms with Crippen LogP contribution in [0.25, 0.3) is 0 Å². The summed E-state index contributed by atoms with van der Waals surface area (Å²) in [6, 6.07) is 0.0385. The maximum atomic E-state index is 11.4. The van der Waals surface area contributed by atoms with Crippen LogP contribution >= 0.6 is 0 Å². The van der Waals surface area contributed by atoms with E-state index in [2.05, 4.69) is 19.2 Å². The number of nitrogens with two attached hydrogens (primary N) is 1. The highest BCUT2D eigenvalue weighted by molar-refractivity contribution is 5.76. The Bertz CT molecular complexity index is 194. The van der Waals surface area contributed by atoms with E-state index in [0.29, 0.717) is 6.42 Å². The Hall–Kier alpha value is -0.570. The molecule has 0 spiro atoms. The third kappa shape index (κ3) is 4.09. The third-order valence-electron chi connectivity index (χ3n) is 2.94. The highest BCUT2D eigenvalue weighted by Gasteiger charge is 2.32. The number of carbonyl (C=O) groups excluding carboxylic acids is 1. The van der Waals surface area contributed by atoms with E-state index in [1.807, 2.05) is 0 Å². The van der Waals surface area contributed by atoms with Gasteiger partial charge in [-0.15, -0.1) is 0 Å². The van der Waals surface area contributed by atoms with Crippen LogP contribution in [-0.2, 0) is 4.79 Å². The van der Waals surface area contributed by atoms with Crippen molar-refractivity contribution >= 4 is 5.91 Å². The first-order chi connectivity index (χ1) is 6.63. The van der Waals surface area contributed by atoms with Crippen LogP contribution in [0.5, 0.6) is 0 Å². The smallest absolute Gasteiger partial charge is 0.221 e. The summed E-state index contributed by atoms with van der Waals surface area (Å²) in [5.74, 6) is 1.64. The normalized spacial score (nSPS) is 27.1. The van der Waals surface area contributed by atoms with Crippen molar-refractivity contribution in [1.29, 1.82) is 0 Å². The van der Waals surface area contributed by atoms with Gasteiger partial charge < -0.3 is 11.1 Å². The molecule has 1 aliphatic carbocycles. The molecule has 0 aromatic carbocycles. The fourth-order valence-corrected chi connectivity index (χ4v) is 1.71. The molecular weight excluding hydrogens is 176 g/mol. The number of hydrogen-bond acceptors (Lipinski definition) is 2. The minimum absolute atomic E-state index is 0.0385. The lowest BCUT2D eigenvalue weighted by atomic mass is 10.1. The molecule has 1 saturated carbocycles. The van der Waals surface area contributed by atoms with E-state index in [-0.39, 0.29) is 11.9 Å². The molecular formula is C11H22N2O. The summed E-state index contributed by atoms with van der Waals surface area (Å²) < 4.78 is 0. The molecule has 0 aromatic heterocycles. The van der Waals surface area contributed by atoms with Crippen LogP contribution in [0, 0.1) is 11.8 Å². The second-order valence-electron chi connectivity index (χ2n) is 4.53. The Kier molecular flexibility index (Phi) is 4.39. The average molecular weight is 198 g/mol. The van der Waals surface area contributed by atoms with Gasteiger partial charge in [0.05, 0.1) is 0 Å². The number of amides is 1. The van der Waals surface area contributed by atoms with E-state index in [1.54, 1.807) is 0 Å². The zero-order valence-corrected chi connectivity index (χ0v) is 9.25. The fraction of sp³-hybridized carbons (Fsp3) is 0.909. The van der Waals surface area contributed by atoms with E-state index < -0.39 is 0 Å². The highest BCUT2D eigenvalue weighted by Crippen LogP contribution is 2.36. The monoisotopic (exact) mass is 198 g/mol. The molecule has 0 aromatic rings. The Labute approximate surface area is 86.4 Å². The van der Waals surface area contributed by atoms with Crippen molar-refractivity contribution in [3.8, 4) is 0 Å². The molecule has 3 nitrogen and oxygen atoms in total. The third-order valence-corrected chi connectivity index (χ3v) is 2.94. The van der Waals surface area contributed by atoms with Crippen molar-refractivity contribution in [2.45, 2.75) is 45.6 Å². The highest BCUT2D eigenvalue weighted by atomic mass is 16.1. The first kappa shape index (κ1) is 11.5. The van der Waals surface area contributed by atoms with Crippen molar-refractivity contribution in [2.75, 3.05) is 6.54 Å². The maximum absolute atomic E-state index is 11.4. The molecule has 0 bridgehead atoms. The van der Waals surface area contributed by atoms with Crippen molar-refractivity contribution < 1.29 is 4.79 Å². The van der Waals surface area contributed by atoms with Gasteiger partial charge in [0.2, 0.25) is 5.91 Å². The van der Waals surface area contributed by atoms with Crippen LogP contribution in [0.15, 0.2) is 0 Å². The summed E-state index contributed by atoms with van der Waals surface area (Å²) in [4.78, 5) is 11.4. The summed E-state index contributed by atoms with van der Waals surface area (Å²) >= 11 is 0. The number of rotatable bonds is 6. The lowest BCUT2D eigenvalue weighted by Crippen LogP contribution is -2.32. The van der Waals surface area contributed by atoms with Crippen molar-refractivity contribution in [3.05, 3.63) is 0 Å². The molecule has 3 N–H and O–H groups in total. The van der Waals surface area contributed by atoms with E-state index in [1.165, 1.54) is 6.42 Å². The van der Waals surface area contributed by atoms with Gasteiger partial charge in [-0.2, -0.15) is 0 Å². The van der Waals surface area contributed by atoms with Crippen LogP contribution in [0.1, 0.15) is 39.5 Å². The number of nitrogens with one attached hydrogen (secondary N) is 1. The van der Waals surface area contributed by atoms with E-state index >= 15 is 0 Å². The zero-order valence-electron chi connectivity index (χ0n) is 9.25. The topological polar surface area (TPSA) is 55.1 Å². The molecule has 0 radical (unpaired) electrons. The first-order valence-corrected chi connectivity index (χ1v) is 5.65. The SMILES string of the molecule is CCCC(N)CC(=O)NCC1CC1C. The van der Waals surface area contributed by atoms with Crippen molar-refractivity contribution in [3.63, 3.8) is 0 Å². The molecule has 1 amide bonds. The minimum Gasteiger partial charge on any atom is -0.356 e. The molecule has 82 valence electrons. The predicted octanol–water partition coefficient (Wildman–Crippen LogP) is 1.28. The molecule has 3 unspecified atom stereocenters. The van der Waals surface area contributed by atoms with Crippen LogP contribution in [0.3, 0.4) is 0 Å². The molecule has 3 atom stereocenters. The molecule has 0 aliphatic heterocycles. The first-order valence-electron chi connectivity index (χ1n) is 5.65. The summed E-state index contributed by atoms with van der Waals surface area (Å²) in [5.41, 5.74) is 5.77. The number of hydrogen-bond donors (Lipinski definition) is 2. The lowest BCUT2D eigenvalue weighted by Gasteiger charge is -2.10. The van der Waals surface area contributed by atoms with Crippen LogP contribution in [0.4, 0.5) is 0 Å². The second-order valence-corrected chi connectivity index (χ2v) is 4.53. The fourth-order valence-electron chi connectivity index (χ4n) is 1.71. The Morgan fingerprint density at radius 1 is 1.64 bits per heavy atom. The minimum atomic E-state index is 0.0385. The van der Waals surface area contributed by atoms with Crippen molar-refractivity contribution in [2.24, 2.45) is 17.6 Å². The number of carbonyl (C=O) groups is 1. The van der Waals surface area contributed by atoms with Gasteiger partial charge in [0.15, 0.2) is 0 Å². The standard InChI is InChI=1S/C11H22N2O/c1-3-4-10(12)6-11(14)13-7-9-5-8(9)2/h8-10H,3-7,12H2,1-2H3,(H,13,14). The second kappa shape index (κ2) is 5.35. The van der Waals surface area contributed by atoms with Gasteiger partial charge in [-0.25, -0.2) is 0 Å². The molecule has 0 saturated heterocycles. The van der Waals surface area contributed by atoms with Gasteiger partial charge in [-0.1, -0.05) is 20.3 Å². The Morgan fingerprint density at radius 3 is 2.79 bits per heavy atom. The largest absolute Gasteiger partial charge is 0.356 e. The van der Waals surface area contributed by atoms with Crippen LogP contribution in [0.2, 0.25) is 0 Å². The zero-order chi connectivity index (χ0) is 10.6. The predicted molar refractivity (Wildman–Crippen MR) is 57.8 cm³/mol. The summed E-state index contributed by atoms with van der Waals surface area (Å²) in [5, 5.41) is 2.95. The maximum Gasteiger partial charge on any atom is 0.221 e. The summed E-state index contributed by atoms with van der Waals surface area (Å²) in [6.07, 6.45) is 3.73. The van der Waals surface area contributed by atoms with E-state index in [9.17, 15) is 4.79 Å². The Morgan fingerprint density at radius 2 is 2.29 bits per heavy atom. The van der Waals surface area contributed by atoms with Crippen LogP contribution < -0.4 is 11.1 Å². The van der Waals surface area contributed by atoms with Crippen molar-refractivity contribution in [1.82, 2.24) is 5.32 Å². The van der Waals surface area contributed by atoms with Gasteiger partial charge in [0, 0.05) is 19.0 Å². The molecule has 14 heavy (non-hydrogen) atoms. The quantitative estimate of drug-likeness (QED) is 0.675. The van der Waals surface area contributed by atoms with Gasteiger partial charge in [-0.05, 0) is 24.7 Å². The van der Waals surface area contributed by atoms with E-state index in [4.69, 9.17) is 5.73 Å². The lowest BCUT2D eigenvalue weighted by molar-refractivity contribution is -0.121. The average Bonchev–Trinajstić information content (AvgIpc) is 2.79. The molecule has 1 rings (SSSR count). The molecule has 1 fully saturated rings. The molecule has 1 aliphatic rings. The Balaban J connectivity index is 2.03. The van der Waals surface area contributed by atoms with Crippen LogP contribution in [-0.4, -0.2) is 18.5 Å².